The molecule has 1 aliphatic heterocycles. The smallest absolute Gasteiger partial charge is 0.216 e. The van der Waals surface area contributed by atoms with Crippen LogP contribution in [-0.2, 0) is 14.8 Å². The summed E-state index contributed by atoms with van der Waals surface area (Å²) in [6.07, 6.45) is 9.13. The van der Waals surface area contributed by atoms with Crippen molar-refractivity contribution in [3.63, 3.8) is 0 Å². The van der Waals surface area contributed by atoms with Crippen molar-refractivity contribution < 1.29 is 19.0 Å². The molecule has 1 aliphatic rings. The molecule has 3 aromatic rings. The summed E-state index contributed by atoms with van der Waals surface area (Å²) in [4.78, 5) is 2.39. The number of ether oxygens (including phenoxy) is 2. The van der Waals surface area contributed by atoms with Gasteiger partial charge >= 0.3 is 0 Å². The Morgan fingerprint density at radius 3 is 2.11 bits per heavy atom. The average molecular weight is 614 g/mol. The molecule has 0 fully saturated rings. The van der Waals surface area contributed by atoms with Crippen molar-refractivity contribution in [1.82, 2.24) is 0 Å². The van der Waals surface area contributed by atoms with Gasteiger partial charge in [0.15, 0.2) is 13.9 Å². The highest BCUT2D eigenvalue weighted by molar-refractivity contribution is 6.74. The minimum absolute atomic E-state index is 0.0750. The standard InChI is InChI=1S/C38H51NO4Si/c1-8-10-11-18-27-39(9-2)33-23-24-35-34(30-33)38(31-19-14-12-15-20-31,32-21-16-13-17-22-32)43-37(42-35,25-28-40)26-29-41-44(6,7)36(3,4)5/h1,12-17,19-24,30,40H,9-11,18,25-29H2,2-7H3. The molecule has 0 saturated carbocycles. The third kappa shape index (κ3) is 7.24. The van der Waals surface area contributed by atoms with Gasteiger partial charge in [-0.2, -0.15) is 0 Å². The molecule has 0 spiro atoms. The number of anilines is 1. The van der Waals surface area contributed by atoms with Crippen molar-refractivity contribution in [2.24, 2.45) is 0 Å². The molecular formula is C38H51NO4Si. The van der Waals surface area contributed by atoms with E-state index in [0.29, 0.717) is 19.4 Å². The summed E-state index contributed by atoms with van der Waals surface area (Å²) in [6, 6.07) is 27.2. The van der Waals surface area contributed by atoms with E-state index >= 15 is 0 Å². The number of hydrogen-bond donors (Lipinski definition) is 1. The minimum atomic E-state index is -2.01. The van der Waals surface area contributed by atoms with E-state index in [9.17, 15) is 5.11 Å². The minimum Gasteiger partial charge on any atom is -0.462 e. The van der Waals surface area contributed by atoms with Crippen LogP contribution in [0.4, 0.5) is 5.69 Å². The first-order valence-electron chi connectivity index (χ1n) is 16.1. The van der Waals surface area contributed by atoms with E-state index in [4.69, 9.17) is 20.3 Å². The van der Waals surface area contributed by atoms with Crippen LogP contribution in [0.2, 0.25) is 18.1 Å². The zero-order valence-electron chi connectivity index (χ0n) is 27.6. The normalized spacial score (nSPS) is 17.8. The lowest BCUT2D eigenvalue weighted by Crippen LogP contribution is -2.53. The molecule has 0 bridgehead atoms. The molecule has 1 N–H and O–H groups in total. The first kappa shape index (κ1) is 33.8. The predicted octanol–water partition coefficient (Wildman–Crippen LogP) is 8.51. The van der Waals surface area contributed by atoms with E-state index in [0.717, 1.165) is 60.5 Å². The van der Waals surface area contributed by atoms with E-state index in [1.807, 2.05) is 12.1 Å². The molecule has 0 aliphatic carbocycles. The Labute approximate surface area is 266 Å². The lowest BCUT2D eigenvalue weighted by molar-refractivity contribution is -0.259. The molecule has 0 radical (unpaired) electrons. The Balaban J connectivity index is 1.86. The predicted molar refractivity (Wildman–Crippen MR) is 184 cm³/mol. The number of benzene rings is 3. The Bertz CT molecular complexity index is 1340. The summed E-state index contributed by atoms with van der Waals surface area (Å²) in [5, 5.41) is 10.5. The third-order valence-electron chi connectivity index (χ3n) is 9.33. The number of rotatable bonds is 14. The van der Waals surface area contributed by atoms with Crippen molar-refractivity contribution in [2.75, 3.05) is 31.2 Å². The van der Waals surface area contributed by atoms with Gasteiger partial charge in [0, 0.05) is 56.8 Å². The van der Waals surface area contributed by atoms with Crippen molar-refractivity contribution in [2.45, 2.75) is 89.3 Å². The molecule has 1 heterocycles. The fourth-order valence-electron chi connectivity index (χ4n) is 5.75. The molecule has 0 aromatic heterocycles. The summed E-state index contributed by atoms with van der Waals surface area (Å²) in [7, 11) is -2.01. The summed E-state index contributed by atoms with van der Waals surface area (Å²) in [5.74, 6) is 2.42. The van der Waals surface area contributed by atoms with Crippen molar-refractivity contribution in [3.05, 3.63) is 95.6 Å². The Morgan fingerprint density at radius 1 is 0.932 bits per heavy atom. The highest BCUT2D eigenvalue weighted by Gasteiger charge is 2.53. The quantitative estimate of drug-likeness (QED) is 0.112. The number of terminal acetylenes is 1. The maximum absolute atomic E-state index is 10.4. The van der Waals surface area contributed by atoms with Gasteiger partial charge in [-0.25, -0.2) is 0 Å². The number of fused-ring (bicyclic) bond motifs is 1. The van der Waals surface area contributed by atoms with Crippen LogP contribution in [0.3, 0.4) is 0 Å². The highest BCUT2D eigenvalue weighted by Crippen LogP contribution is 2.53. The van der Waals surface area contributed by atoms with Crippen LogP contribution in [0.15, 0.2) is 78.9 Å². The van der Waals surface area contributed by atoms with Gasteiger partial charge in [-0.3, -0.25) is 0 Å². The van der Waals surface area contributed by atoms with Crippen LogP contribution < -0.4 is 9.64 Å². The number of unbranched alkanes of at least 4 members (excludes halogenated alkanes) is 2. The van der Waals surface area contributed by atoms with Crippen LogP contribution in [0.25, 0.3) is 0 Å². The number of hydrogen-bond acceptors (Lipinski definition) is 5. The largest absolute Gasteiger partial charge is 0.462 e. The first-order chi connectivity index (χ1) is 21.0. The fourth-order valence-corrected chi connectivity index (χ4v) is 6.80. The molecule has 3 aromatic carbocycles. The lowest BCUT2D eigenvalue weighted by atomic mass is 9.78. The zero-order valence-corrected chi connectivity index (χ0v) is 28.6. The zero-order chi connectivity index (χ0) is 31.8. The molecular weight excluding hydrogens is 563 g/mol. The van der Waals surface area contributed by atoms with Crippen molar-refractivity contribution in [1.29, 1.82) is 0 Å². The summed E-state index contributed by atoms with van der Waals surface area (Å²) >= 11 is 0. The fraction of sp³-hybridized carbons (Fsp3) is 0.474. The number of aliphatic hydroxyl groups is 1. The van der Waals surface area contributed by atoms with Crippen LogP contribution in [0, 0.1) is 12.3 Å². The van der Waals surface area contributed by atoms with Crippen molar-refractivity contribution >= 4 is 14.0 Å². The van der Waals surface area contributed by atoms with Gasteiger partial charge in [0.05, 0.1) is 0 Å². The SMILES string of the molecule is C#CCCCCN(CC)c1ccc2c(c1)C(c1ccccc1)(c1ccccc1)OC(CCO)(CCO[Si](C)(C)C(C)(C)C)O2. The van der Waals surface area contributed by atoms with E-state index in [-0.39, 0.29) is 11.6 Å². The second-order valence-corrected chi connectivity index (χ2v) is 18.1. The lowest BCUT2D eigenvalue weighted by Gasteiger charge is -2.50. The average Bonchev–Trinajstić information content (AvgIpc) is 3.01. The topological polar surface area (TPSA) is 51.2 Å². The molecule has 0 amide bonds. The molecule has 5 nitrogen and oxygen atoms in total. The molecule has 1 unspecified atom stereocenters. The molecule has 44 heavy (non-hydrogen) atoms. The van der Waals surface area contributed by atoms with E-state index in [1.54, 1.807) is 0 Å². The van der Waals surface area contributed by atoms with Crippen LogP contribution >= 0.6 is 0 Å². The summed E-state index contributed by atoms with van der Waals surface area (Å²) in [6.45, 7) is 15.6. The van der Waals surface area contributed by atoms with Gasteiger partial charge in [-0.1, -0.05) is 81.4 Å². The first-order valence-corrected chi connectivity index (χ1v) is 19.0. The second-order valence-electron chi connectivity index (χ2n) is 13.3. The summed E-state index contributed by atoms with van der Waals surface area (Å²) < 4.78 is 20.9. The second kappa shape index (κ2) is 14.3. The van der Waals surface area contributed by atoms with Gasteiger partial charge in [-0.05, 0) is 67.2 Å². The van der Waals surface area contributed by atoms with E-state index < -0.39 is 19.7 Å². The van der Waals surface area contributed by atoms with Crippen LogP contribution in [0.1, 0.15) is 76.5 Å². The third-order valence-corrected chi connectivity index (χ3v) is 13.9. The Hall–Kier alpha value is -3.08. The van der Waals surface area contributed by atoms with Crippen LogP contribution in [0.5, 0.6) is 5.75 Å². The van der Waals surface area contributed by atoms with Gasteiger partial charge in [0.1, 0.15) is 5.75 Å². The number of aliphatic hydroxyl groups excluding tert-OH is 1. The van der Waals surface area contributed by atoms with E-state index in [2.05, 4.69) is 118 Å². The molecule has 1 atom stereocenters. The maximum atomic E-state index is 10.4. The molecule has 4 rings (SSSR count). The van der Waals surface area contributed by atoms with Crippen molar-refractivity contribution in [3.8, 4) is 18.1 Å². The summed E-state index contributed by atoms with van der Waals surface area (Å²) in [5.41, 5.74) is 3.12. The van der Waals surface area contributed by atoms with Crippen LogP contribution in [-0.4, -0.2) is 45.5 Å². The van der Waals surface area contributed by atoms with Gasteiger partial charge in [0.25, 0.3) is 0 Å². The number of nitrogens with zero attached hydrogens (tertiary/aromatic N) is 1. The van der Waals surface area contributed by atoms with E-state index in [1.165, 1.54) is 0 Å². The highest BCUT2D eigenvalue weighted by atomic mass is 28.4. The molecule has 0 saturated heterocycles. The monoisotopic (exact) mass is 613 g/mol. The maximum Gasteiger partial charge on any atom is 0.216 e. The van der Waals surface area contributed by atoms with Gasteiger partial charge in [0.2, 0.25) is 5.79 Å². The molecule has 6 heteroatoms. The van der Waals surface area contributed by atoms with Gasteiger partial charge < -0.3 is 23.9 Å². The van der Waals surface area contributed by atoms with Gasteiger partial charge in [-0.15, -0.1) is 12.3 Å². The Kier molecular flexibility index (Phi) is 11.0. The molecule has 236 valence electrons. The Morgan fingerprint density at radius 2 is 1.57 bits per heavy atom.